The number of aromatic nitrogens is 3. The molecule has 5 rings (SSSR count). The maximum absolute atomic E-state index is 13.2. The Balaban J connectivity index is 1.34. The van der Waals surface area contributed by atoms with Gasteiger partial charge < -0.3 is 16.0 Å². The van der Waals surface area contributed by atoms with Crippen molar-refractivity contribution in [1.82, 2.24) is 15.0 Å². The summed E-state index contributed by atoms with van der Waals surface area (Å²) in [5.74, 6) is -0.593. The second-order valence-electron chi connectivity index (χ2n) is 8.88. The van der Waals surface area contributed by atoms with Gasteiger partial charge in [-0.3, -0.25) is 14.6 Å². The zero-order valence-electron chi connectivity index (χ0n) is 21.1. The highest BCUT2D eigenvalue weighted by Crippen LogP contribution is 2.32. The molecule has 8 nitrogen and oxygen atoms in total. The van der Waals surface area contributed by atoms with Crippen molar-refractivity contribution in [2.75, 3.05) is 16.0 Å². The first-order valence-corrected chi connectivity index (χ1v) is 12.8. The lowest BCUT2D eigenvalue weighted by Gasteiger charge is -2.12. The molecule has 5 aromatic rings. The minimum atomic E-state index is -4.57. The number of amides is 2. The van der Waals surface area contributed by atoms with Crippen LogP contribution in [0.15, 0.2) is 72.5 Å². The molecule has 2 amide bonds. The number of anilines is 4. The number of alkyl halides is 3. The highest BCUT2D eigenvalue weighted by molar-refractivity contribution is 7.18. The maximum atomic E-state index is 13.2. The third-order valence-corrected chi connectivity index (χ3v) is 6.94. The Kier molecular flexibility index (Phi) is 7.18. The third-order valence-electron chi connectivity index (χ3n) is 5.97. The molecule has 0 aliphatic rings. The molecule has 0 atom stereocenters. The molecular weight excluding hydrogens is 541 g/mol. The maximum Gasteiger partial charge on any atom is 0.416 e. The lowest BCUT2D eigenvalue weighted by Crippen LogP contribution is -2.15. The van der Waals surface area contributed by atoms with Crippen molar-refractivity contribution in [3.05, 3.63) is 100 Å². The number of hydrogen-bond acceptors (Lipinski definition) is 7. The van der Waals surface area contributed by atoms with Crippen molar-refractivity contribution in [3.8, 4) is 0 Å². The summed E-state index contributed by atoms with van der Waals surface area (Å²) < 4.78 is 39.8. The Bertz CT molecular complexity index is 1730. The Labute approximate surface area is 230 Å². The van der Waals surface area contributed by atoms with Gasteiger partial charge in [-0.1, -0.05) is 12.1 Å². The predicted molar refractivity (Wildman–Crippen MR) is 148 cm³/mol. The van der Waals surface area contributed by atoms with Gasteiger partial charge in [0.2, 0.25) is 0 Å². The van der Waals surface area contributed by atoms with Crippen LogP contribution in [0.4, 0.5) is 36.1 Å². The van der Waals surface area contributed by atoms with Crippen molar-refractivity contribution in [3.63, 3.8) is 0 Å². The number of nitrogens with one attached hydrogen (secondary N) is 3. The van der Waals surface area contributed by atoms with Gasteiger partial charge in [-0.05, 0) is 61.9 Å². The molecular formula is C28H21F3N6O2S. The number of rotatable bonds is 6. The lowest BCUT2D eigenvalue weighted by atomic mass is 10.1. The van der Waals surface area contributed by atoms with E-state index in [2.05, 4.69) is 30.9 Å². The first kappa shape index (κ1) is 26.8. The molecule has 40 heavy (non-hydrogen) atoms. The molecule has 3 aromatic heterocycles. The average Bonchev–Trinajstić information content (AvgIpc) is 3.37. The summed E-state index contributed by atoms with van der Waals surface area (Å²) in [6.45, 7) is 3.66. The molecule has 0 radical (unpaired) electrons. The van der Waals surface area contributed by atoms with Crippen LogP contribution in [0.5, 0.6) is 0 Å². The van der Waals surface area contributed by atoms with Crippen LogP contribution in [0, 0.1) is 13.8 Å². The van der Waals surface area contributed by atoms with Gasteiger partial charge in [-0.25, -0.2) is 9.97 Å². The Morgan fingerprint density at radius 2 is 1.68 bits per heavy atom. The van der Waals surface area contributed by atoms with E-state index in [1.54, 1.807) is 36.7 Å². The Hall–Kier alpha value is -4.84. The summed E-state index contributed by atoms with van der Waals surface area (Å²) in [7, 11) is 0. The van der Waals surface area contributed by atoms with Crippen molar-refractivity contribution < 1.29 is 22.8 Å². The van der Waals surface area contributed by atoms with Crippen LogP contribution in [0.1, 0.15) is 37.5 Å². The van der Waals surface area contributed by atoms with Crippen LogP contribution in [-0.4, -0.2) is 26.8 Å². The molecule has 3 N–H and O–H groups in total. The van der Waals surface area contributed by atoms with E-state index in [4.69, 9.17) is 0 Å². The molecule has 0 unspecified atom stereocenters. The summed E-state index contributed by atoms with van der Waals surface area (Å²) in [6, 6.07) is 12.7. The van der Waals surface area contributed by atoms with Crippen molar-refractivity contribution in [1.29, 1.82) is 0 Å². The molecule has 0 saturated carbocycles. The van der Waals surface area contributed by atoms with Gasteiger partial charge >= 0.3 is 6.18 Å². The minimum Gasteiger partial charge on any atom is -0.338 e. The van der Waals surface area contributed by atoms with E-state index < -0.39 is 23.6 Å². The van der Waals surface area contributed by atoms with E-state index >= 15 is 0 Å². The summed E-state index contributed by atoms with van der Waals surface area (Å²) >= 11 is 1.31. The molecule has 0 fully saturated rings. The first-order chi connectivity index (χ1) is 19.1. The van der Waals surface area contributed by atoms with E-state index in [1.807, 2.05) is 19.1 Å². The summed E-state index contributed by atoms with van der Waals surface area (Å²) in [4.78, 5) is 38.8. The van der Waals surface area contributed by atoms with Gasteiger partial charge in [-0.2, -0.15) is 13.2 Å². The zero-order chi connectivity index (χ0) is 28.4. The SMILES string of the molecule is Cc1ccc(Nc2ncnc3c(C(=O)Nc4cc(NC(=O)c5cccc(C(F)(F)F)c5)ccc4C)csc23)cn1. The van der Waals surface area contributed by atoms with Crippen LogP contribution in [-0.2, 0) is 6.18 Å². The molecule has 202 valence electrons. The van der Waals surface area contributed by atoms with E-state index in [0.29, 0.717) is 38.5 Å². The number of thiophene rings is 1. The van der Waals surface area contributed by atoms with Gasteiger partial charge in [0.25, 0.3) is 11.8 Å². The Morgan fingerprint density at radius 3 is 2.42 bits per heavy atom. The van der Waals surface area contributed by atoms with E-state index in [-0.39, 0.29) is 5.56 Å². The van der Waals surface area contributed by atoms with Gasteiger partial charge in [0, 0.05) is 28.0 Å². The van der Waals surface area contributed by atoms with E-state index in [1.165, 1.54) is 29.8 Å². The predicted octanol–water partition coefficient (Wildman–Crippen LogP) is 6.97. The molecule has 3 heterocycles. The van der Waals surface area contributed by atoms with Crippen LogP contribution >= 0.6 is 11.3 Å². The van der Waals surface area contributed by atoms with Crippen LogP contribution in [0.25, 0.3) is 10.2 Å². The van der Waals surface area contributed by atoms with E-state index in [0.717, 1.165) is 23.5 Å². The van der Waals surface area contributed by atoms with Crippen molar-refractivity contribution >= 4 is 56.2 Å². The number of carbonyl (C=O) groups is 2. The fourth-order valence-corrected chi connectivity index (χ4v) is 4.79. The van der Waals surface area contributed by atoms with Gasteiger partial charge in [0.15, 0.2) is 5.82 Å². The topological polar surface area (TPSA) is 109 Å². The number of nitrogens with zero attached hydrogens (tertiary/aromatic N) is 3. The molecule has 0 aliphatic carbocycles. The van der Waals surface area contributed by atoms with Crippen molar-refractivity contribution in [2.45, 2.75) is 20.0 Å². The van der Waals surface area contributed by atoms with Gasteiger partial charge in [0.05, 0.1) is 33.2 Å². The fourth-order valence-electron chi connectivity index (χ4n) is 3.84. The second kappa shape index (κ2) is 10.7. The van der Waals surface area contributed by atoms with Crippen molar-refractivity contribution in [2.24, 2.45) is 0 Å². The minimum absolute atomic E-state index is 0.142. The number of aryl methyl sites for hydroxylation is 2. The summed E-state index contributed by atoms with van der Waals surface area (Å²) in [5, 5.41) is 10.3. The molecule has 0 aliphatic heterocycles. The summed E-state index contributed by atoms with van der Waals surface area (Å²) in [5.41, 5.74) is 2.80. The Morgan fingerprint density at radius 1 is 0.875 bits per heavy atom. The van der Waals surface area contributed by atoms with Crippen LogP contribution in [0.3, 0.4) is 0 Å². The number of pyridine rings is 1. The number of hydrogen-bond donors (Lipinski definition) is 3. The van der Waals surface area contributed by atoms with Gasteiger partial charge in [-0.15, -0.1) is 11.3 Å². The molecule has 12 heteroatoms. The number of carbonyl (C=O) groups excluding carboxylic acids is 2. The lowest BCUT2D eigenvalue weighted by molar-refractivity contribution is -0.137. The standard InChI is InChI=1S/C28H21F3N6O2S/c1-15-6-8-19(36-26(38)17-4-3-5-18(10-17)28(29,30)31)11-22(15)37-27(39)21-13-40-24-23(21)33-14-34-25(24)35-20-9-7-16(2)32-12-20/h3-14H,1-2H3,(H,36,38)(H,37,39)(H,33,34,35). The molecule has 2 aromatic carbocycles. The molecule has 0 bridgehead atoms. The molecule has 0 saturated heterocycles. The second-order valence-corrected chi connectivity index (χ2v) is 9.76. The smallest absolute Gasteiger partial charge is 0.338 e. The number of halogens is 3. The highest BCUT2D eigenvalue weighted by atomic mass is 32.1. The summed E-state index contributed by atoms with van der Waals surface area (Å²) in [6.07, 6.45) is -1.51. The number of fused-ring (bicyclic) bond motifs is 1. The van der Waals surface area contributed by atoms with E-state index in [9.17, 15) is 22.8 Å². The molecule has 0 spiro atoms. The number of benzene rings is 2. The van der Waals surface area contributed by atoms with Crippen LogP contribution < -0.4 is 16.0 Å². The quantitative estimate of drug-likeness (QED) is 0.206. The fraction of sp³-hybridized carbons (Fsp3) is 0.107. The first-order valence-electron chi connectivity index (χ1n) is 11.9. The zero-order valence-corrected chi connectivity index (χ0v) is 21.9. The largest absolute Gasteiger partial charge is 0.416 e. The van der Waals surface area contributed by atoms with Gasteiger partial charge in [0.1, 0.15) is 6.33 Å². The third kappa shape index (κ3) is 5.76. The monoisotopic (exact) mass is 562 g/mol. The van der Waals surface area contributed by atoms with Crippen LogP contribution in [0.2, 0.25) is 0 Å². The highest BCUT2D eigenvalue weighted by Gasteiger charge is 2.31. The average molecular weight is 563 g/mol. The normalized spacial score (nSPS) is 11.3.